The van der Waals surface area contributed by atoms with Crippen molar-refractivity contribution in [3.8, 4) is 0 Å². The molecule has 0 aromatic carbocycles. The van der Waals surface area contributed by atoms with Crippen molar-refractivity contribution in [2.24, 2.45) is 23.0 Å². The van der Waals surface area contributed by atoms with Crippen LogP contribution in [0.2, 0.25) is 0 Å². The number of carbonyl (C=O) groups excluding carboxylic acids is 1. The van der Waals surface area contributed by atoms with Crippen molar-refractivity contribution in [2.45, 2.75) is 51.9 Å². The van der Waals surface area contributed by atoms with E-state index in [1.54, 1.807) is 0 Å². The molecule has 2 aliphatic carbocycles. The third-order valence-electron chi connectivity index (χ3n) is 4.91. The monoisotopic (exact) mass is 282 g/mol. The molecule has 0 atom stereocenters. The third kappa shape index (κ3) is 4.45. The van der Waals surface area contributed by atoms with Crippen LogP contribution < -0.4 is 11.1 Å². The second kappa shape index (κ2) is 7.41. The lowest BCUT2D eigenvalue weighted by Gasteiger charge is -2.37. The number of nitrogens with one attached hydrogen (secondary N) is 1. The maximum absolute atomic E-state index is 12.4. The minimum Gasteiger partial charge on any atom is -0.381 e. The van der Waals surface area contributed by atoms with Crippen molar-refractivity contribution < 1.29 is 9.53 Å². The molecule has 0 saturated heterocycles. The highest BCUT2D eigenvalue weighted by Gasteiger charge is 2.39. The molecule has 0 aromatic rings. The van der Waals surface area contributed by atoms with Gasteiger partial charge in [-0.2, -0.15) is 0 Å². The van der Waals surface area contributed by atoms with Gasteiger partial charge in [-0.1, -0.05) is 6.92 Å². The van der Waals surface area contributed by atoms with Gasteiger partial charge in [0.2, 0.25) is 5.91 Å². The SMILES string of the molecule is CC1CCC(CN)(C(=O)NCCCOCC2CC2)CC1. The Morgan fingerprint density at radius 1 is 1.30 bits per heavy atom. The molecule has 0 radical (unpaired) electrons. The minimum atomic E-state index is -0.304. The summed E-state index contributed by atoms with van der Waals surface area (Å²) in [5.74, 6) is 1.71. The van der Waals surface area contributed by atoms with Gasteiger partial charge in [-0.15, -0.1) is 0 Å². The fourth-order valence-corrected chi connectivity index (χ4v) is 2.94. The second-order valence-electron chi connectivity index (χ2n) is 6.79. The van der Waals surface area contributed by atoms with E-state index in [0.29, 0.717) is 13.1 Å². The van der Waals surface area contributed by atoms with Gasteiger partial charge in [-0.25, -0.2) is 0 Å². The Kier molecular flexibility index (Phi) is 5.85. The Hall–Kier alpha value is -0.610. The number of carbonyl (C=O) groups is 1. The van der Waals surface area contributed by atoms with E-state index < -0.39 is 0 Å². The first-order chi connectivity index (χ1) is 9.66. The first-order valence-electron chi connectivity index (χ1n) is 8.22. The molecule has 4 nitrogen and oxygen atoms in total. The standard InChI is InChI=1S/C16H30N2O2/c1-13-5-7-16(12-17,8-6-13)15(19)18-9-2-10-20-11-14-3-4-14/h13-14H,2-12,17H2,1H3,(H,18,19). The Labute approximate surface area is 122 Å². The topological polar surface area (TPSA) is 64.4 Å². The van der Waals surface area contributed by atoms with Crippen molar-refractivity contribution in [1.29, 1.82) is 0 Å². The number of hydrogen-bond donors (Lipinski definition) is 2. The fraction of sp³-hybridized carbons (Fsp3) is 0.938. The number of rotatable bonds is 8. The summed E-state index contributed by atoms with van der Waals surface area (Å²) in [6.45, 7) is 5.10. The van der Waals surface area contributed by atoms with Crippen molar-refractivity contribution in [3.05, 3.63) is 0 Å². The summed E-state index contributed by atoms with van der Waals surface area (Å²) >= 11 is 0. The van der Waals surface area contributed by atoms with Crippen LogP contribution in [0, 0.1) is 17.3 Å². The van der Waals surface area contributed by atoms with Crippen LogP contribution in [0.3, 0.4) is 0 Å². The number of nitrogens with two attached hydrogens (primary N) is 1. The molecule has 0 spiro atoms. The third-order valence-corrected chi connectivity index (χ3v) is 4.91. The van der Waals surface area contributed by atoms with Crippen LogP contribution >= 0.6 is 0 Å². The molecule has 4 heteroatoms. The quantitative estimate of drug-likeness (QED) is 0.670. The van der Waals surface area contributed by atoms with Gasteiger partial charge >= 0.3 is 0 Å². The van der Waals surface area contributed by atoms with E-state index in [9.17, 15) is 4.79 Å². The fourth-order valence-electron chi connectivity index (χ4n) is 2.94. The van der Waals surface area contributed by atoms with Gasteiger partial charge in [0.25, 0.3) is 0 Å². The highest BCUT2D eigenvalue weighted by Crippen LogP contribution is 2.38. The zero-order chi connectivity index (χ0) is 14.4. The molecule has 0 aromatic heterocycles. The van der Waals surface area contributed by atoms with Crippen molar-refractivity contribution in [3.63, 3.8) is 0 Å². The molecule has 3 N–H and O–H groups in total. The van der Waals surface area contributed by atoms with E-state index in [1.165, 1.54) is 12.8 Å². The molecule has 0 heterocycles. The van der Waals surface area contributed by atoms with Crippen LogP contribution in [0.1, 0.15) is 51.9 Å². The summed E-state index contributed by atoms with van der Waals surface area (Å²) < 4.78 is 5.57. The summed E-state index contributed by atoms with van der Waals surface area (Å²) in [6, 6.07) is 0. The smallest absolute Gasteiger partial charge is 0.227 e. The molecule has 0 aliphatic heterocycles. The first-order valence-corrected chi connectivity index (χ1v) is 8.22. The van der Waals surface area contributed by atoms with E-state index in [4.69, 9.17) is 10.5 Å². The van der Waals surface area contributed by atoms with Crippen molar-refractivity contribution in [1.82, 2.24) is 5.32 Å². The highest BCUT2D eigenvalue weighted by molar-refractivity contribution is 5.83. The molecular weight excluding hydrogens is 252 g/mol. The number of hydrogen-bond acceptors (Lipinski definition) is 3. The molecule has 2 saturated carbocycles. The predicted molar refractivity (Wildman–Crippen MR) is 80.3 cm³/mol. The molecule has 116 valence electrons. The predicted octanol–water partition coefficient (Wildman–Crippen LogP) is 2.07. The van der Waals surface area contributed by atoms with Crippen LogP contribution in [0.15, 0.2) is 0 Å². The zero-order valence-corrected chi connectivity index (χ0v) is 12.8. The van der Waals surface area contributed by atoms with Gasteiger partial charge in [-0.3, -0.25) is 4.79 Å². The molecule has 0 bridgehead atoms. The zero-order valence-electron chi connectivity index (χ0n) is 12.8. The van der Waals surface area contributed by atoms with Gasteiger partial charge in [0.1, 0.15) is 0 Å². The Balaban J connectivity index is 1.61. The average molecular weight is 282 g/mol. The highest BCUT2D eigenvalue weighted by atomic mass is 16.5. The summed E-state index contributed by atoms with van der Waals surface area (Å²) in [5, 5.41) is 3.06. The maximum Gasteiger partial charge on any atom is 0.227 e. The Bertz CT molecular complexity index is 308. The summed E-state index contributed by atoms with van der Waals surface area (Å²) in [4.78, 5) is 12.4. The lowest BCUT2D eigenvalue weighted by atomic mass is 9.70. The lowest BCUT2D eigenvalue weighted by Crippen LogP contribution is -2.48. The average Bonchev–Trinajstić information content (AvgIpc) is 3.28. The molecule has 2 fully saturated rings. The van der Waals surface area contributed by atoms with E-state index in [-0.39, 0.29) is 11.3 Å². The molecule has 0 unspecified atom stereocenters. The van der Waals surface area contributed by atoms with Gasteiger partial charge < -0.3 is 15.8 Å². The summed E-state index contributed by atoms with van der Waals surface area (Å²) in [7, 11) is 0. The van der Waals surface area contributed by atoms with Crippen LogP contribution in [0.25, 0.3) is 0 Å². The van der Waals surface area contributed by atoms with E-state index in [1.807, 2.05) is 0 Å². The van der Waals surface area contributed by atoms with Crippen LogP contribution in [0.5, 0.6) is 0 Å². The van der Waals surface area contributed by atoms with E-state index >= 15 is 0 Å². The van der Waals surface area contributed by atoms with Gasteiger partial charge in [0.15, 0.2) is 0 Å². The molecular formula is C16H30N2O2. The Morgan fingerprint density at radius 3 is 2.60 bits per heavy atom. The summed E-state index contributed by atoms with van der Waals surface area (Å²) in [5.41, 5.74) is 5.59. The van der Waals surface area contributed by atoms with Gasteiger partial charge in [0, 0.05) is 26.3 Å². The molecule has 2 aliphatic rings. The van der Waals surface area contributed by atoms with Gasteiger partial charge in [-0.05, 0) is 56.8 Å². The lowest BCUT2D eigenvalue weighted by molar-refractivity contribution is -0.132. The van der Waals surface area contributed by atoms with Crippen molar-refractivity contribution in [2.75, 3.05) is 26.3 Å². The van der Waals surface area contributed by atoms with E-state index in [0.717, 1.165) is 57.2 Å². The Morgan fingerprint density at radius 2 is 2.00 bits per heavy atom. The molecule has 2 rings (SSSR count). The second-order valence-corrected chi connectivity index (χ2v) is 6.79. The normalized spacial score (nSPS) is 30.2. The summed E-state index contributed by atoms with van der Waals surface area (Å²) in [6.07, 6.45) is 7.67. The first kappa shape index (κ1) is 15.8. The minimum absolute atomic E-state index is 0.161. The number of amides is 1. The molecule has 20 heavy (non-hydrogen) atoms. The van der Waals surface area contributed by atoms with Gasteiger partial charge in [0.05, 0.1) is 5.41 Å². The largest absolute Gasteiger partial charge is 0.381 e. The van der Waals surface area contributed by atoms with Crippen molar-refractivity contribution >= 4 is 5.91 Å². The maximum atomic E-state index is 12.4. The number of ether oxygens (including phenoxy) is 1. The van der Waals surface area contributed by atoms with E-state index in [2.05, 4.69) is 12.2 Å². The van der Waals surface area contributed by atoms with Crippen LogP contribution in [-0.2, 0) is 9.53 Å². The van der Waals surface area contributed by atoms with Crippen LogP contribution in [-0.4, -0.2) is 32.2 Å². The van der Waals surface area contributed by atoms with Crippen LogP contribution in [0.4, 0.5) is 0 Å². The molecule has 1 amide bonds.